The molecular weight excluding hydrogens is 250 g/mol. The molecule has 2 fully saturated rings. The van der Waals surface area contributed by atoms with Crippen molar-refractivity contribution in [1.82, 2.24) is 15.5 Å². The Morgan fingerprint density at radius 1 is 1.05 bits per heavy atom. The first kappa shape index (κ1) is 15.6. The summed E-state index contributed by atoms with van der Waals surface area (Å²) in [6.07, 6.45) is 8.14. The summed E-state index contributed by atoms with van der Waals surface area (Å²) >= 11 is 0. The number of likely N-dealkylation sites (tertiary alicyclic amines) is 1. The van der Waals surface area contributed by atoms with Gasteiger partial charge in [0, 0.05) is 25.2 Å². The number of nitrogens with zero attached hydrogens (tertiary/aromatic N) is 1. The van der Waals surface area contributed by atoms with Crippen molar-refractivity contribution in [1.29, 1.82) is 0 Å². The molecule has 0 aromatic carbocycles. The van der Waals surface area contributed by atoms with Crippen LogP contribution in [0.1, 0.15) is 58.8 Å². The van der Waals surface area contributed by atoms with Crippen LogP contribution in [0.15, 0.2) is 0 Å². The first-order valence-corrected chi connectivity index (χ1v) is 8.48. The molecule has 0 spiro atoms. The third-order valence-corrected chi connectivity index (χ3v) is 4.81. The Hall–Kier alpha value is -0.770. The third-order valence-electron chi connectivity index (χ3n) is 4.81. The normalized spacial score (nSPS) is 28.4. The van der Waals surface area contributed by atoms with Crippen molar-refractivity contribution in [2.24, 2.45) is 5.92 Å². The van der Waals surface area contributed by atoms with E-state index in [-0.39, 0.29) is 6.03 Å². The van der Waals surface area contributed by atoms with Crippen LogP contribution in [0.3, 0.4) is 0 Å². The number of urea groups is 1. The molecule has 1 aliphatic heterocycles. The van der Waals surface area contributed by atoms with Crippen LogP contribution in [0.5, 0.6) is 0 Å². The van der Waals surface area contributed by atoms with Crippen LogP contribution in [0, 0.1) is 5.92 Å². The van der Waals surface area contributed by atoms with Crippen molar-refractivity contribution in [3.05, 3.63) is 0 Å². The Balaban J connectivity index is 1.66. The first-order valence-electron chi connectivity index (χ1n) is 8.48. The molecule has 20 heavy (non-hydrogen) atoms. The Bertz CT molecular complexity index is 292. The average Bonchev–Trinajstić information content (AvgIpc) is 2.47. The summed E-state index contributed by atoms with van der Waals surface area (Å²) in [6, 6.07) is 1.22. The Morgan fingerprint density at radius 3 is 2.25 bits per heavy atom. The zero-order chi connectivity index (χ0) is 14.4. The molecule has 0 radical (unpaired) electrons. The van der Waals surface area contributed by atoms with E-state index >= 15 is 0 Å². The molecule has 1 saturated heterocycles. The molecule has 0 bridgehead atoms. The molecule has 1 aliphatic carbocycles. The van der Waals surface area contributed by atoms with Gasteiger partial charge in [0.25, 0.3) is 0 Å². The molecule has 1 saturated carbocycles. The lowest BCUT2D eigenvalue weighted by atomic mass is 9.91. The highest BCUT2D eigenvalue weighted by Gasteiger charge is 2.25. The Morgan fingerprint density at radius 2 is 1.65 bits per heavy atom. The van der Waals surface area contributed by atoms with Gasteiger partial charge < -0.3 is 15.5 Å². The van der Waals surface area contributed by atoms with E-state index in [0.29, 0.717) is 12.1 Å². The predicted molar refractivity (Wildman–Crippen MR) is 82.8 cm³/mol. The lowest BCUT2D eigenvalue weighted by Crippen LogP contribution is -2.49. The number of carbonyl (C=O) groups excluding carboxylic acids is 1. The summed E-state index contributed by atoms with van der Waals surface area (Å²) in [6.45, 7) is 7.46. The van der Waals surface area contributed by atoms with E-state index in [1.54, 1.807) is 0 Å². The van der Waals surface area contributed by atoms with Crippen molar-refractivity contribution in [2.45, 2.75) is 70.9 Å². The molecular formula is C16H31N3O. The molecule has 2 rings (SSSR count). The van der Waals surface area contributed by atoms with Gasteiger partial charge in [0.2, 0.25) is 0 Å². The number of hydrogen-bond donors (Lipinski definition) is 2. The highest BCUT2D eigenvalue weighted by atomic mass is 16.2. The lowest BCUT2D eigenvalue weighted by molar-refractivity contribution is 0.166. The first-order chi connectivity index (χ1) is 9.69. The van der Waals surface area contributed by atoms with E-state index in [4.69, 9.17) is 0 Å². The molecule has 0 aromatic heterocycles. The van der Waals surface area contributed by atoms with E-state index in [2.05, 4.69) is 24.5 Å². The molecule has 4 heteroatoms. The van der Waals surface area contributed by atoms with E-state index in [9.17, 15) is 4.79 Å². The number of nitrogens with one attached hydrogen (secondary N) is 2. The number of carbonyl (C=O) groups is 1. The van der Waals surface area contributed by atoms with Gasteiger partial charge in [-0.3, -0.25) is 0 Å². The smallest absolute Gasteiger partial charge is 0.317 e. The van der Waals surface area contributed by atoms with E-state index < -0.39 is 0 Å². The highest BCUT2D eigenvalue weighted by Crippen LogP contribution is 2.20. The van der Waals surface area contributed by atoms with Gasteiger partial charge in [-0.05, 0) is 57.4 Å². The van der Waals surface area contributed by atoms with Crippen molar-refractivity contribution >= 4 is 6.03 Å². The topological polar surface area (TPSA) is 44.4 Å². The molecule has 0 atom stereocenters. The minimum absolute atomic E-state index is 0.168. The molecule has 2 amide bonds. The number of rotatable bonds is 4. The van der Waals surface area contributed by atoms with Gasteiger partial charge in [-0.25, -0.2) is 4.79 Å². The van der Waals surface area contributed by atoms with Crippen LogP contribution in [0.25, 0.3) is 0 Å². The van der Waals surface area contributed by atoms with Crippen molar-refractivity contribution in [3.63, 3.8) is 0 Å². The minimum atomic E-state index is 0.168. The van der Waals surface area contributed by atoms with Crippen LogP contribution in [0.4, 0.5) is 4.79 Å². The summed E-state index contributed by atoms with van der Waals surface area (Å²) in [5.74, 6) is 0.777. The molecule has 0 aromatic rings. The van der Waals surface area contributed by atoms with Gasteiger partial charge in [-0.2, -0.15) is 0 Å². The zero-order valence-corrected chi connectivity index (χ0v) is 13.2. The van der Waals surface area contributed by atoms with E-state index in [1.807, 2.05) is 4.90 Å². The molecule has 2 N–H and O–H groups in total. The summed E-state index contributed by atoms with van der Waals surface area (Å²) in [7, 11) is 0. The predicted octanol–water partition coefficient (Wildman–Crippen LogP) is 2.74. The van der Waals surface area contributed by atoms with Crippen LogP contribution in [-0.2, 0) is 0 Å². The summed E-state index contributed by atoms with van der Waals surface area (Å²) in [4.78, 5) is 14.2. The van der Waals surface area contributed by atoms with Gasteiger partial charge >= 0.3 is 6.03 Å². The maximum absolute atomic E-state index is 12.2. The molecule has 2 aliphatic rings. The molecule has 0 unspecified atom stereocenters. The Labute approximate surface area is 123 Å². The van der Waals surface area contributed by atoms with Crippen molar-refractivity contribution in [3.8, 4) is 0 Å². The maximum Gasteiger partial charge on any atom is 0.317 e. The SMILES string of the molecule is CCCNC1CCC(NC(=O)N2CCC(C)CC2)CC1. The third kappa shape index (κ3) is 4.65. The maximum atomic E-state index is 12.2. The lowest BCUT2D eigenvalue weighted by Gasteiger charge is -2.34. The van der Waals surface area contributed by atoms with Gasteiger partial charge in [0.05, 0.1) is 0 Å². The second-order valence-electron chi connectivity index (χ2n) is 6.62. The standard InChI is InChI=1S/C16H31N3O/c1-3-10-17-14-4-6-15(7-5-14)18-16(20)19-11-8-13(2)9-12-19/h13-15,17H,3-12H2,1-2H3,(H,18,20). The van der Waals surface area contributed by atoms with Crippen molar-refractivity contribution < 1.29 is 4.79 Å². The molecule has 4 nitrogen and oxygen atoms in total. The summed E-state index contributed by atoms with van der Waals surface area (Å²) in [5.41, 5.74) is 0. The second kappa shape index (κ2) is 7.87. The van der Waals surface area contributed by atoms with Crippen LogP contribution < -0.4 is 10.6 Å². The van der Waals surface area contributed by atoms with Crippen molar-refractivity contribution in [2.75, 3.05) is 19.6 Å². The Kier molecular flexibility index (Phi) is 6.14. The summed E-state index contributed by atoms with van der Waals surface area (Å²) < 4.78 is 0. The minimum Gasteiger partial charge on any atom is -0.335 e. The fourth-order valence-electron chi connectivity index (χ4n) is 3.27. The molecule has 1 heterocycles. The van der Waals surface area contributed by atoms with Crippen LogP contribution >= 0.6 is 0 Å². The van der Waals surface area contributed by atoms with Gasteiger partial charge in [-0.15, -0.1) is 0 Å². The zero-order valence-electron chi connectivity index (χ0n) is 13.2. The van der Waals surface area contributed by atoms with E-state index in [1.165, 1.54) is 19.3 Å². The van der Waals surface area contributed by atoms with E-state index in [0.717, 1.165) is 51.2 Å². The fraction of sp³-hybridized carbons (Fsp3) is 0.938. The number of hydrogen-bond acceptors (Lipinski definition) is 2. The fourth-order valence-corrected chi connectivity index (χ4v) is 3.27. The average molecular weight is 281 g/mol. The van der Waals surface area contributed by atoms with Gasteiger partial charge in [0.1, 0.15) is 0 Å². The monoisotopic (exact) mass is 281 g/mol. The van der Waals surface area contributed by atoms with Crippen LogP contribution in [-0.4, -0.2) is 42.6 Å². The highest BCUT2D eigenvalue weighted by molar-refractivity contribution is 5.74. The number of amides is 2. The second-order valence-corrected chi connectivity index (χ2v) is 6.62. The largest absolute Gasteiger partial charge is 0.335 e. The van der Waals surface area contributed by atoms with Gasteiger partial charge in [0.15, 0.2) is 0 Å². The van der Waals surface area contributed by atoms with Gasteiger partial charge in [-0.1, -0.05) is 13.8 Å². The quantitative estimate of drug-likeness (QED) is 0.832. The van der Waals surface area contributed by atoms with Crippen LogP contribution in [0.2, 0.25) is 0 Å². The molecule has 116 valence electrons. The number of piperidine rings is 1. The summed E-state index contributed by atoms with van der Waals surface area (Å²) in [5, 5.41) is 6.83.